The van der Waals surface area contributed by atoms with Crippen molar-refractivity contribution in [2.24, 2.45) is 7.05 Å². The third-order valence-electron chi connectivity index (χ3n) is 7.63. The summed E-state index contributed by atoms with van der Waals surface area (Å²) in [4.78, 5) is 27.3. The first-order chi connectivity index (χ1) is 19.2. The minimum Gasteiger partial charge on any atom is -0.384 e. The summed E-state index contributed by atoms with van der Waals surface area (Å²) in [5, 5.41) is 19.1. The van der Waals surface area contributed by atoms with E-state index in [4.69, 9.17) is 4.98 Å². The Hall–Kier alpha value is -4.28. The topological polar surface area (TPSA) is 115 Å². The van der Waals surface area contributed by atoms with Crippen LogP contribution in [0.4, 0.5) is 11.6 Å². The quantitative estimate of drug-likeness (QED) is 0.267. The number of aliphatic hydroxyl groups is 1. The van der Waals surface area contributed by atoms with Crippen LogP contribution in [0.1, 0.15) is 43.9 Å². The molecule has 0 saturated carbocycles. The summed E-state index contributed by atoms with van der Waals surface area (Å²) in [6.07, 6.45) is 7.49. The number of hydrogen-bond acceptors (Lipinski definition) is 7. The highest BCUT2D eigenvalue weighted by Gasteiger charge is 2.23. The highest BCUT2D eigenvalue weighted by atomic mass is 16.3. The van der Waals surface area contributed by atoms with Crippen molar-refractivity contribution >= 4 is 33.6 Å². The first-order valence-electron chi connectivity index (χ1n) is 13.6. The van der Waals surface area contributed by atoms with Gasteiger partial charge in [0.05, 0.1) is 17.8 Å². The van der Waals surface area contributed by atoms with E-state index >= 15 is 0 Å². The average Bonchev–Trinajstić information content (AvgIpc) is 3.45. The fourth-order valence-corrected chi connectivity index (χ4v) is 5.56. The van der Waals surface area contributed by atoms with Crippen LogP contribution in [0.2, 0.25) is 0 Å². The summed E-state index contributed by atoms with van der Waals surface area (Å²) in [6.45, 7) is 9.46. The molecule has 4 aromatic heterocycles. The smallest absolute Gasteiger partial charge is 0.278 e. The number of aryl methyl sites for hydroxylation is 1. The number of rotatable bonds is 7. The highest BCUT2D eigenvalue weighted by molar-refractivity contribution is 5.88. The molecule has 5 heterocycles. The van der Waals surface area contributed by atoms with E-state index in [9.17, 15) is 9.90 Å². The number of anilines is 2. The third-order valence-corrected chi connectivity index (χ3v) is 7.63. The van der Waals surface area contributed by atoms with Gasteiger partial charge < -0.3 is 20.3 Å². The van der Waals surface area contributed by atoms with Crippen LogP contribution in [-0.2, 0) is 19.2 Å². The molecule has 0 bridgehead atoms. The Morgan fingerprint density at radius 2 is 1.98 bits per heavy atom. The Morgan fingerprint density at radius 3 is 2.73 bits per heavy atom. The molecule has 0 amide bonds. The van der Waals surface area contributed by atoms with Crippen LogP contribution in [0.5, 0.6) is 0 Å². The fourth-order valence-electron chi connectivity index (χ4n) is 5.56. The molecule has 206 valence electrons. The van der Waals surface area contributed by atoms with Crippen molar-refractivity contribution in [3.05, 3.63) is 83.1 Å². The maximum absolute atomic E-state index is 13.3. The second kappa shape index (κ2) is 10.0. The number of piperidine rings is 1. The number of aromatic nitrogens is 6. The summed E-state index contributed by atoms with van der Waals surface area (Å²) in [5.74, 6) is 1.32. The predicted molar refractivity (Wildman–Crippen MR) is 157 cm³/mol. The van der Waals surface area contributed by atoms with Crippen LogP contribution in [0.25, 0.3) is 27.8 Å². The van der Waals surface area contributed by atoms with Crippen LogP contribution in [0.3, 0.4) is 0 Å². The van der Waals surface area contributed by atoms with Gasteiger partial charge in [-0.15, -0.1) is 6.58 Å². The van der Waals surface area contributed by atoms with Gasteiger partial charge in [0, 0.05) is 30.5 Å². The van der Waals surface area contributed by atoms with E-state index < -0.39 is 5.60 Å². The van der Waals surface area contributed by atoms with E-state index in [1.165, 1.54) is 15.6 Å². The molecule has 1 saturated heterocycles. The van der Waals surface area contributed by atoms with E-state index in [1.54, 1.807) is 42.9 Å². The number of nitrogens with one attached hydrogen (secondary N) is 2. The van der Waals surface area contributed by atoms with Crippen molar-refractivity contribution < 1.29 is 5.11 Å². The largest absolute Gasteiger partial charge is 0.384 e. The second-order valence-corrected chi connectivity index (χ2v) is 10.9. The lowest BCUT2D eigenvalue weighted by molar-refractivity contribution is 0.0738. The molecular weight excluding hydrogens is 504 g/mol. The predicted octanol–water partition coefficient (Wildman–Crippen LogP) is 4.09. The minimum atomic E-state index is -1.15. The zero-order valence-electron chi connectivity index (χ0n) is 23.1. The van der Waals surface area contributed by atoms with Crippen molar-refractivity contribution in [1.29, 1.82) is 0 Å². The molecule has 40 heavy (non-hydrogen) atoms. The molecule has 1 aliphatic rings. The molecule has 1 aromatic carbocycles. The maximum Gasteiger partial charge on any atom is 0.278 e. The van der Waals surface area contributed by atoms with Gasteiger partial charge >= 0.3 is 0 Å². The van der Waals surface area contributed by atoms with E-state index in [2.05, 4.69) is 63.2 Å². The van der Waals surface area contributed by atoms with Gasteiger partial charge in [0.2, 0.25) is 5.95 Å². The van der Waals surface area contributed by atoms with Gasteiger partial charge in [-0.1, -0.05) is 12.1 Å². The summed E-state index contributed by atoms with van der Waals surface area (Å²) in [6, 6.07) is 11.9. The molecule has 0 radical (unpaired) electrons. The van der Waals surface area contributed by atoms with Gasteiger partial charge in [0.15, 0.2) is 11.5 Å². The zero-order chi connectivity index (χ0) is 28.0. The number of nitrogens with zero attached hydrogens (tertiary/aromatic N) is 6. The fraction of sp³-hybridized carbons (Fsp3) is 0.333. The van der Waals surface area contributed by atoms with Gasteiger partial charge in [0.25, 0.3) is 5.56 Å². The molecule has 0 spiro atoms. The first-order valence-corrected chi connectivity index (χ1v) is 13.6. The molecule has 10 heteroatoms. The third kappa shape index (κ3) is 4.59. The molecule has 1 fully saturated rings. The van der Waals surface area contributed by atoms with Crippen LogP contribution in [-0.4, -0.2) is 47.1 Å². The van der Waals surface area contributed by atoms with Crippen LogP contribution < -0.4 is 16.2 Å². The molecule has 5 aromatic rings. The first kappa shape index (κ1) is 26.0. The maximum atomic E-state index is 13.3. The van der Waals surface area contributed by atoms with Crippen LogP contribution >= 0.6 is 0 Å². The van der Waals surface area contributed by atoms with Crippen molar-refractivity contribution in [1.82, 2.24) is 34.2 Å². The number of allylic oxidation sites excluding steroid dienone is 1. The normalized spacial score (nSPS) is 14.7. The van der Waals surface area contributed by atoms with Crippen molar-refractivity contribution in [3.8, 4) is 5.82 Å². The summed E-state index contributed by atoms with van der Waals surface area (Å²) < 4.78 is 5.32. The van der Waals surface area contributed by atoms with E-state index in [-0.39, 0.29) is 12.1 Å². The molecule has 1 aliphatic heterocycles. The molecule has 0 unspecified atom stereocenters. The number of pyridine rings is 1. The van der Waals surface area contributed by atoms with Gasteiger partial charge in [-0.3, -0.25) is 4.79 Å². The van der Waals surface area contributed by atoms with E-state index in [1.807, 2.05) is 6.07 Å². The Balaban J connectivity index is 1.47. The molecule has 0 aliphatic carbocycles. The van der Waals surface area contributed by atoms with Gasteiger partial charge in [-0.2, -0.15) is 4.98 Å². The second-order valence-electron chi connectivity index (χ2n) is 10.9. The number of hydrogen-bond donors (Lipinski definition) is 3. The van der Waals surface area contributed by atoms with E-state index in [0.29, 0.717) is 34.4 Å². The standard InChI is InChI=1S/C30H34N8O2/c1-5-14-37-28(39)23-18-32-29(35-27(23)38(37)26-8-6-7-25(34-26)30(2,3)40)33-20-16-22(19-9-12-31-13-10-19)21-11-15-36(4)24(21)17-20/h5-8,11,15-19,31,40H,1,9-10,12-14H2,2-4H3,(H,32,33,35). The van der Waals surface area contributed by atoms with Crippen molar-refractivity contribution in [2.45, 2.75) is 44.8 Å². The summed E-state index contributed by atoms with van der Waals surface area (Å²) >= 11 is 0. The van der Waals surface area contributed by atoms with Gasteiger partial charge in [-0.05, 0) is 81.6 Å². The van der Waals surface area contributed by atoms with Gasteiger partial charge in [-0.25, -0.2) is 19.3 Å². The lowest BCUT2D eigenvalue weighted by Crippen LogP contribution is -2.26. The lowest BCUT2D eigenvalue weighted by atomic mass is 9.88. The summed E-state index contributed by atoms with van der Waals surface area (Å²) in [5.41, 5.74) is 2.87. The SMILES string of the molecule is C=CCn1c(=O)c2cnc(Nc3cc(C4CCNCC4)c4ccn(C)c4c3)nc2n1-c1cccc(C(C)(C)O)n1. The molecule has 10 nitrogen and oxygen atoms in total. The number of benzene rings is 1. The van der Waals surface area contributed by atoms with Gasteiger partial charge in [0.1, 0.15) is 11.0 Å². The Kier molecular flexibility index (Phi) is 6.52. The van der Waals surface area contributed by atoms with Crippen LogP contribution in [0.15, 0.2) is 66.2 Å². The van der Waals surface area contributed by atoms with Crippen molar-refractivity contribution in [3.63, 3.8) is 0 Å². The lowest BCUT2D eigenvalue weighted by Gasteiger charge is -2.24. The molecule has 3 N–H and O–H groups in total. The van der Waals surface area contributed by atoms with Crippen molar-refractivity contribution in [2.75, 3.05) is 18.4 Å². The summed E-state index contributed by atoms with van der Waals surface area (Å²) in [7, 11) is 2.05. The zero-order valence-corrected chi connectivity index (χ0v) is 23.1. The Labute approximate surface area is 232 Å². The Morgan fingerprint density at radius 1 is 1.18 bits per heavy atom. The molecule has 6 rings (SSSR count). The van der Waals surface area contributed by atoms with Crippen LogP contribution in [0, 0.1) is 0 Å². The molecular formula is C30H34N8O2. The average molecular weight is 539 g/mol. The highest BCUT2D eigenvalue weighted by Crippen LogP contribution is 2.35. The molecule has 0 atom stereocenters. The number of fused-ring (bicyclic) bond motifs is 2. The minimum absolute atomic E-state index is 0.240. The van der Waals surface area contributed by atoms with E-state index in [0.717, 1.165) is 37.1 Å². The monoisotopic (exact) mass is 538 g/mol. The Bertz CT molecular complexity index is 1780.